The van der Waals surface area contributed by atoms with Crippen molar-refractivity contribution in [1.82, 2.24) is 15.0 Å². The Bertz CT molecular complexity index is 361. The highest BCUT2D eigenvalue weighted by Crippen LogP contribution is 2.13. The van der Waals surface area contributed by atoms with Gasteiger partial charge in [-0.3, -0.25) is 4.98 Å². The zero-order valence-electron chi connectivity index (χ0n) is 6.65. The third-order valence-corrected chi connectivity index (χ3v) is 1.70. The Hall–Kier alpha value is -1.42. The number of aliphatic hydroxyl groups excluding tert-OH is 1. The van der Waals surface area contributed by atoms with Crippen LogP contribution in [-0.2, 0) is 0 Å². The summed E-state index contributed by atoms with van der Waals surface area (Å²) >= 11 is 0. The number of fused-ring (bicyclic) bond motifs is 1. The number of rotatable bonds is 1. The molecule has 0 aliphatic heterocycles. The highest BCUT2D eigenvalue weighted by molar-refractivity contribution is 5.73. The van der Waals surface area contributed by atoms with E-state index in [4.69, 9.17) is 0 Å². The molecule has 1 atom stereocenters. The van der Waals surface area contributed by atoms with Gasteiger partial charge >= 0.3 is 0 Å². The van der Waals surface area contributed by atoms with E-state index in [1.807, 2.05) is 0 Å². The number of pyridine rings is 1. The maximum Gasteiger partial charge on any atom is 0.135 e. The molecule has 0 saturated carbocycles. The minimum absolute atomic E-state index is 0.558. The van der Waals surface area contributed by atoms with Gasteiger partial charge in [-0.2, -0.15) is 0 Å². The summed E-state index contributed by atoms with van der Waals surface area (Å²) in [5, 5.41) is 9.21. The fourth-order valence-electron chi connectivity index (χ4n) is 1.07. The lowest BCUT2D eigenvalue weighted by Gasteiger charge is -1.95. The van der Waals surface area contributed by atoms with Gasteiger partial charge in [0, 0.05) is 6.20 Å². The third kappa shape index (κ3) is 1.06. The summed E-state index contributed by atoms with van der Waals surface area (Å²) < 4.78 is 0. The van der Waals surface area contributed by atoms with Gasteiger partial charge in [-0.05, 0) is 13.0 Å². The molecule has 12 heavy (non-hydrogen) atoms. The van der Waals surface area contributed by atoms with Crippen molar-refractivity contribution in [2.45, 2.75) is 13.0 Å². The van der Waals surface area contributed by atoms with Gasteiger partial charge in [-0.1, -0.05) is 0 Å². The Labute approximate surface area is 69.3 Å². The van der Waals surface area contributed by atoms with Crippen LogP contribution in [0.2, 0.25) is 0 Å². The second kappa shape index (κ2) is 2.57. The summed E-state index contributed by atoms with van der Waals surface area (Å²) in [5.74, 6) is 0.581. The summed E-state index contributed by atoms with van der Waals surface area (Å²) in [6.45, 7) is 1.67. The van der Waals surface area contributed by atoms with Crippen LogP contribution in [0.15, 0.2) is 18.5 Å². The summed E-state index contributed by atoms with van der Waals surface area (Å²) in [7, 11) is 0. The van der Waals surface area contributed by atoms with Gasteiger partial charge in [0.25, 0.3) is 0 Å². The van der Waals surface area contributed by atoms with Gasteiger partial charge in [-0.25, -0.2) is 4.98 Å². The van der Waals surface area contributed by atoms with Gasteiger partial charge in [0.05, 0.1) is 17.2 Å². The van der Waals surface area contributed by atoms with Gasteiger partial charge in [-0.15, -0.1) is 0 Å². The minimum Gasteiger partial charge on any atom is -0.385 e. The topological polar surface area (TPSA) is 61.8 Å². The number of H-pyrrole nitrogens is 1. The molecule has 4 heteroatoms. The van der Waals surface area contributed by atoms with Crippen LogP contribution in [0.25, 0.3) is 11.0 Å². The Morgan fingerprint density at radius 3 is 3.08 bits per heavy atom. The molecule has 4 nitrogen and oxygen atoms in total. The highest BCUT2D eigenvalue weighted by Gasteiger charge is 2.06. The van der Waals surface area contributed by atoms with Crippen LogP contribution < -0.4 is 0 Å². The molecule has 0 fully saturated rings. The number of nitrogens with zero attached hydrogens (tertiary/aromatic N) is 2. The van der Waals surface area contributed by atoms with E-state index in [0.29, 0.717) is 5.82 Å². The van der Waals surface area contributed by atoms with E-state index in [0.717, 1.165) is 11.0 Å². The average molecular weight is 163 g/mol. The monoisotopic (exact) mass is 163 g/mol. The molecular weight excluding hydrogens is 154 g/mol. The van der Waals surface area contributed by atoms with Crippen molar-refractivity contribution in [3.63, 3.8) is 0 Å². The largest absolute Gasteiger partial charge is 0.385 e. The second-order valence-corrected chi connectivity index (χ2v) is 2.69. The number of aromatic nitrogens is 3. The molecule has 2 aromatic rings. The maximum atomic E-state index is 9.21. The molecule has 0 amide bonds. The van der Waals surface area contributed by atoms with Crippen molar-refractivity contribution in [3.8, 4) is 0 Å². The maximum absolute atomic E-state index is 9.21. The van der Waals surface area contributed by atoms with Crippen LogP contribution in [0, 0.1) is 0 Å². The number of aromatic amines is 1. The summed E-state index contributed by atoms with van der Waals surface area (Å²) in [5.41, 5.74) is 1.69. The average Bonchev–Trinajstić information content (AvgIpc) is 2.46. The molecule has 2 aromatic heterocycles. The molecule has 0 bridgehead atoms. The van der Waals surface area contributed by atoms with Crippen LogP contribution in [-0.4, -0.2) is 20.1 Å². The number of hydrogen-bond donors (Lipinski definition) is 2. The Kier molecular flexibility index (Phi) is 1.55. The first-order chi connectivity index (χ1) is 5.77. The molecule has 0 unspecified atom stereocenters. The third-order valence-electron chi connectivity index (χ3n) is 1.70. The number of imidazole rings is 1. The lowest BCUT2D eigenvalue weighted by molar-refractivity contribution is 0.190. The molecule has 2 rings (SSSR count). The molecule has 0 radical (unpaired) electrons. The van der Waals surface area contributed by atoms with Gasteiger partial charge in [0.2, 0.25) is 0 Å². The van der Waals surface area contributed by atoms with Crippen LogP contribution in [0.4, 0.5) is 0 Å². The first kappa shape index (κ1) is 7.24. The van der Waals surface area contributed by atoms with Crippen LogP contribution in [0.5, 0.6) is 0 Å². The first-order valence-electron chi connectivity index (χ1n) is 3.75. The fourth-order valence-corrected chi connectivity index (χ4v) is 1.07. The standard InChI is InChI=1S/C8H9N3O/c1-5(12)8-10-6-2-3-9-4-7(6)11-8/h2-5,12H,1H3,(H,10,11)/t5-/m0/s1. The molecule has 0 aromatic carbocycles. The summed E-state index contributed by atoms with van der Waals surface area (Å²) in [6.07, 6.45) is 2.81. The molecule has 2 heterocycles. The van der Waals surface area contributed by atoms with Crippen LogP contribution in [0.3, 0.4) is 0 Å². The number of hydrogen-bond acceptors (Lipinski definition) is 3. The Balaban J connectivity index is 2.62. The SMILES string of the molecule is C[C@H](O)c1nc2ccncc2[nH]1. The zero-order chi connectivity index (χ0) is 8.55. The second-order valence-electron chi connectivity index (χ2n) is 2.69. The number of aliphatic hydroxyl groups is 1. The predicted octanol–water partition coefficient (Wildman–Crippen LogP) is 1.01. The van der Waals surface area contributed by atoms with Crippen molar-refractivity contribution in [2.24, 2.45) is 0 Å². The number of nitrogens with one attached hydrogen (secondary N) is 1. The van der Waals surface area contributed by atoms with Crippen LogP contribution >= 0.6 is 0 Å². The van der Waals surface area contributed by atoms with Gasteiger partial charge in [0.1, 0.15) is 11.9 Å². The van der Waals surface area contributed by atoms with Crippen molar-refractivity contribution in [1.29, 1.82) is 0 Å². The van der Waals surface area contributed by atoms with E-state index in [1.54, 1.807) is 25.4 Å². The lowest BCUT2D eigenvalue weighted by atomic mass is 10.4. The summed E-state index contributed by atoms with van der Waals surface area (Å²) in [4.78, 5) is 11.1. The fraction of sp³-hybridized carbons (Fsp3) is 0.250. The van der Waals surface area contributed by atoms with E-state index in [2.05, 4.69) is 15.0 Å². The smallest absolute Gasteiger partial charge is 0.135 e. The molecule has 0 saturated heterocycles. The molecule has 62 valence electrons. The molecule has 2 N–H and O–H groups in total. The van der Waals surface area contributed by atoms with Gasteiger partial charge in [0.15, 0.2) is 0 Å². The van der Waals surface area contributed by atoms with Crippen molar-refractivity contribution in [2.75, 3.05) is 0 Å². The molecular formula is C8H9N3O. The molecule has 0 aliphatic rings. The van der Waals surface area contributed by atoms with E-state index in [9.17, 15) is 5.11 Å². The quantitative estimate of drug-likeness (QED) is 0.659. The van der Waals surface area contributed by atoms with E-state index in [-0.39, 0.29) is 0 Å². The first-order valence-corrected chi connectivity index (χ1v) is 3.75. The lowest BCUT2D eigenvalue weighted by Crippen LogP contribution is -1.92. The van der Waals surface area contributed by atoms with E-state index in [1.165, 1.54) is 0 Å². The van der Waals surface area contributed by atoms with Crippen molar-refractivity contribution < 1.29 is 5.11 Å². The summed E-state index contributed by atoms with van der Waals surface area (Å²) in [6, 6.07) is 1.80. The predicted molar refractivity (Wildman–Crippen MR) is 44.5 cm³/mol. The molecule has 0 spiro atoms. The van der Waals surface area contributed by atoms with E-state index < -0.39 is 6.10 Å². The normalized spacial score (nSPS) is 13.5. The Morgan fingerprint density at radius 2 is 2.42 bits per heavy atom. The van der Waals surface area contributed by atoms with E-state index >= 15 is 0 Å². The van der Waals surface area contributed by atoms with Crippen molar-refractivity contribution in [3.05, 3.63) is 24.3 Å². The highest BCUT2D eigenvalue weighted by atomic mass is 16.3. The van der Waals surface area contributed by atoms with Crippen LogP contribution in [0.1, 0.15) is 18.9 Å². The zero-order valence-corrected chi connectivity index (χ0v) is 6.65. The van der Waals surface area contributed by atoms with Crippen molar-refractivity contribution >= 4 is 11.0 Å². The minimum atomic E-state index is -0.558. The molecule has 0 aliphatic carbocycles. The Morgan fingerprint density at radius 1 is 1.58 bits per heavy atom. The van der Waals surface area contributed by atoms with Gasteiger partial charge < -0.3 is 10.1 Å².